The van der Waals surface area contributed by atoms with Gasteiger partial charge in [0.2, 0.25) is 16.0 Å². The predicted molar refractivity (Wildman–Crippen MR) is 95.6 cm³/mol. The average molecular weight is 347 g/mol. The maximum Gasteiger partial charge on any atom is 0.225 e. The molecule has 2 aliphatic heterocycles. The maximum absolute atomic E-state index is 12.8. The van der Waals surface area contributed by atoms with E-state index in [-0.39, 0.29) is 5.92 Å². The number of aryl methyl sites for hydroxylation is 1. The molecule has 0 aromatic carbocycles. The molecule has 2 aliphatic rings. The largest absolute Gasteiger partial charge is 0.347 e. The zero-order chi connectivity index (χ0) is 16.5. The molecule has 0 spiro atoms. The van der Waals surface area contributed by atoms with Crippen molar-refractivity contribution in [2.45, 2.75) is 45.4 Å². The van der Waals surface area contributed by atoms with Gasteiger partial charge in [0.15, 0.2) is 0 Å². The van der Waals surface area contributed by atoms with E-state index in [1.165, 1.54) is 25.7 Å². The number of carbonyl (C=O) groups excluding carboxylic acids is 1. The molecule has 130 valence electrons. The first-order valence-corrected chi connectivity index (χ1v) is 9.89. The fourth-order valence-electron chi connectivity index (χ4n) is 3.79. The van der Waals surface area contributed by atoms with Gasteiger partial charge in [-0.3, -0.25) is 4.79 Å². The smallest absolute Gasteiger partial charge is 0.225 e. The molecule has 0 saturated carbocycles. The van der Waals surface area contributed by atoms with Gasteiger partial charge < -0.3 is 9.80 Å². The van der Waals surface area contributed by atoms with Crippen molar-refractivity contribution < 1.29 is 4.79 Å². The van der Waals surface area contributed by atoms with Gasteiger partial charge in [0.1, 0.15) is 0 Å². The number of nitrogens with zero attached hydrogens (tertiary/aromatic N) is 5. The highest BCUT2D eigenvalue weighted by molar-refractivity contribution is 7.20. The minimum absolute atomic E-state index is 0.200. The highest BCUT2D eigenvalue weighted by Gasteiger charge is 2.30. The summed E-state index contributed by atoms with van der Waals surface area (Å²) in [7, 11) is 0. The van der Waals surface area contributed by atoms with Crippen molar-refractivity contribution in [2.24, 2.45) is 5.92 Å². The summed E-state index contributed by atoms with van der Waals surface area (Å²) < 4.78 is 1.86. The number of carbonyl (C=O) groups is 1. The van der Waals surface area contributed by atoms with Crippen LogP contribution in [0.4, 0.5) is 5.13 Å². The molecule has 6 nitrogen and oxygen atoms in total. The number of amides is 1. The van der Waals surface area contributed by atoms with Gasteiger partial charge in [-0.2, -0.15) is 0 Å². The molecule has 0 bridgehead atoms. The van der Waals surface area contributed by atoms with Gasteiger partial charge >= 0.3 is 0 Å². The molecule has 0 N–H and O–H groups in total. The number of hydrogen-bond acceptors (Lipinski definition) is 5. The van der Waals surface area contributed by atoms with E-state index in [1.54, 1.807) is 11.3 Å². The van der Waals surface area contributed by atoms with Crippen LogP contribution in [-0.2, 0) is 4.79 Å². The Bertz CT molecular complexity index is 676. The summed E-state index contributed by atoms with van der Waals surface area (Å²) in [6, 6.07) is 0. The van der Waals surface area contributed by atoms with Gasteiger partial charge in [0.25, 0.3) is 0 Å². The molecule has 2 fully saturated rings. The molecule has 4 heterocycles. The number of imidazole rings is 1. The normalized spacial score (nSPS) is 20.5. The maximum atomic E-state index is 12.8. The summed E-state index contributed by atoms with van der Waals surface area (Å²) in [5, 5.41) is 5.66. The number of rotatable bonds is 2. The summed E-state index contributed by atoms with van der Waals surface area (Å²) >= 11 is 1.64. The first-order chi connectivity index (χ1) is 11.7. The van der Waals surface area contributed by atoms with Crippen LogP contribution >= 0.6 is 11.3 Å². The average Bonchev–Trinajstić information content (AvgIpc) is 3.00. The van der Waals surface area contributed by atoms with E-state index >= 15 is 0 Å². The van der Waals surface area contributed by atoms with E-state index in [2.05, 4.69) is 19.9 Å². The van der Waals surface area contributed by atoms with E-state index < -0.39 is 0 Å². The monoisotopic (exact) mass is 347 g/mol. The first-order valence-electron chi connectivity index (χ1n) is 9.07. The molecule has 2 aromatic rings. The van der Waals surface area contributed by atoms with Crippen LogP contribution in [0.3, 0.4) is 0 Å². The van der Waals surface area contributed by atoms with Crippen molar-refractivity contribution >= 4 is 27.3 Å². The highest BCUT2D eigenvalue weighted by Crippen LogP contribution is 2.28. The van der Waals surface area contributed by atoms with Crippen molar-refractivity contribution in [2.75, 3.05) is 31.1 Å². The molecule has 0 unspecified atom stereocenters. The van der Waals surface area contributed by atoms with Crippen LogP contribution in [0.2, 0.25) is 0 Å². The molecule has 0 aliphatic carbocycles. The summed E-state index contributed by atoms with van der Waals surface area (Å²) in [6.07, 6.45) is 8.73. The lowest BCUT2D eigenvalue weighted by Gasteiger charge is -2.33. The topological polar surface area (TPSA) is 53.7 Å². The molecule has 0 atom stereocenters. The van der Waals surface area contributed by atoms with Gasteiger partial charge in [0.05, 0.1) is 11.9 Å². The van der Waals surface area contributed by atoms with Crippen molar-refractivity contribution in [3.05, 3.63) is 11.9 Å². The second kappa shape index (κ2) is 6.70. The van der Waals surface area contributed by atoms with Crippen molar-refractivity contribution in [1.29, 1.82) is 0 Å². The Morgan fingerprint density at radius 1 is 1.12 bits per heavy atom. The van der Waals surface area contributed by atoms with E-state index in [1.807, 2.05) is 17.6 Å². The molecular weight excluding hydrogens is 322 g/mol. The number of aromatic nitrogens is 3. The second-order valence-corrected chi connectivity index (χ2v) is 7.93. The molecule has 2 aromatic heterocycles. The lowest BCUT2D eigenvalue weighted by molar-refractivity contribution is -0.136. The van der Waals surface area contributed by atoms with E-state index in [4.69, 9.17) is 0 Å². The zero-order valence-electron chi connectivity index (χ0n) is 14.3. The third kappa shape index (κ3) is 3.14. The van der Waals surface area contributed by atoms with Gasteiger partial charge in [-0.1, -0.05) is 24.2 Å². The van der Waals surface area contributed by atoms with E-state index in [0.29, 0.717) is 5.91 Å². The van der Waals surface area contributed by atoms with Crippen LogP contribution in [0, 0.1) is 12.8 Å². The summed E-state index contributed by atoms with van der Waals surface area (Å²) in [6.45, 7) is 5.74. The Kier molecular flexibility index (Phi) is 4.43. The third-order valence-corrected chi connectivity index (χ3v) is 6.17. The first kappa shape index (κ1) is 15.9. The molecule has 0 radical (unpaired) electrons. The van der Waals surface area contributed by atoms with Crippen LogP contribution in [0.5, 0.6) is 0 Å². The quantitative estimate of drug-likeness (QED) is 0.838. The molecule has 2 saturated heterocycles. The third-order valence-electron chi connectivity index (χ3n) is 5.19. The van der Waals surface area contributed by atoms with Crippen molar-refractivity contribution in [3.8, 4) is 0 Å². The number of likely N-dealkylation sites (tertiary alicyclic amines) is 1. The van der Waals surface area contributed by atoms with Crippen molar-refractivity contribution in [3.63, 3.8) is 0 Å². The number of fused-ring (bicyclic) bond motifs is 1. The van der Waals surface area contributed by atoms with Crippen LogP contribution in [-0.4, -0.2) is 51.6 Å². The number of anilines is 1. The molecule has 24 heavy (non-hydrogen) atoms. The Balaban J connectivity index is 1.37. The predicted octanol–water partition coefficient (Wildman–Crippen LogP) is 2.72. The molecule has 7 heteroatoms. The van der Waals surface area contributed by atoms with Gasteiger partial charge in [0, 0.05) is 32.1 Å². The number of piperidine rings is 1. The Hall–Kier alpha value is -1.63. The number of hydrogen-bond donors (Lipinski definition) is 0. The van der Waals surface area contributed by atoms with Crippen LogP contribution in [0.1, 0.15) is 44.2 Å². The second-order valence-electron chi connectivity index (χ2n) is 6.99. The zero-order valence-corrected chi connectivity index (χ0v) is 15.1. The van der Waals surface area contributed by atoms with Crippen molar-refractivity contribution in [1.82, 2.24) is 19.5 Å². The van der Waals surface area contributed by atoms with Crippen LogP contribution in [0.15, 0.2) is 6.20 Å². The van der Waals surface area contributed by atoms with Crippen LogP contribution < -0.4 is 4.90 Å². The van der Waals surface area contributed by atoms with E-state index in [0.717, 1.165) is 54.8 Å². The lowest BCUT2D eigenvalue weighted by atomic mass is 9.95. The lowest BCUT2D eigenvalue weighted by Crippen LogP contribution is -2.43. The fraction of sp³-hybridized carbons (Fsp3) is 0.706. The molecular formula is C17H25N5OS. The SMILES string of the molecule is Cc1cn2nc(N3CCC(C(=O)N4CCCCCC4)CC3)sc2n1. The minimum atomic E-state index is 0.200. The molecule has 4 rings (SSSR count). The fourth-order valence-corrected chi connectivity index (χ4v) is 4.77. The van der Waals surface area contributed by atoms with Gasteiger partial charge in [-0.05, 0) is 32.6 Å². The van der Waals surface area contributed by atoms with Crippen LogP contribution in [0.25, 0.3) is 4.96 Å². The Labute approximate surface area is 146 Å². The summed E-state index contributed by atoms with van der Waals surface area (Å²) in [4.78, 5) is 22.6. The van der Waals surface area contributed by atoms with Gasteiger partial charge in [-0.25, -0.2) is 9.50 Å². The van der Waals surface area contributed by atoms with E-state index in [9.17, 15) is 4.79 Å². The Morgan fingerprint density at radius 2 is 1.83 bits per heavy atom. The minimum Gasteiger partial charge on any atom is -0.347 e. The summed E-state index contributed by atoms with van der Waals surface area (Å²) in [5.74, 6) is 0.590. The Morgan fingerprint density at radius 3 is 2.50 bits per heavy atom. The summed E-state index contributed by atoms with van der Waals surface area (Å²) in [5.41, 5.74) is 1.00. The van der Waals surface area contributed by atoms with Gasteiger partial charge in [-0.15, -0.1) is 5.10 Å². The highest BCUT2D eigenvalue weighted by atomic mass is 32.1. The standard InChI is InChI=1S/C17H25N5OS/c1-13-12-22-16(18-13)24-17(19-22)21-10-6-14(7-11-21)15(23)20-8-4-2-3-5-9-20/h12,14H,2-11H2,1H3. The molecule has 1 amide bonds.